The van der Waals surface area contributed by atoms with Gasteiger partial charge in [0.15, 0.2) is 0 Å². The van der Waals surface area contributed by atoms with Gasteiger partial charge in [0, 0.05) is 34.4 Å². The lowest BCUT2D eigenvalue weighted by Crippen LogP contribution is -2.42. The fourth-order valence-corrected chi connectivity index (χ4v) is 3.55. The summed E-state index contributed by atoms with van der Waals surface area (Å²) in [5.41, 5.74) is 1.93. The van der Waals surface area contributed by atoms with E-state index in [-0.39, 0.29) is 25.0 Å². The molecule has 0 spiro atoms. The lowest BCUT2D eigenvalue weighted by molar-refractivity contribution is -0.141. The second-order valence-electron chi connectivity index (χ2n) is 7.37. The Bertz CT molecular complexity index is 1200. The van der Waals surface area contributed by atoms with Gasteiger partial charge >= 0.3 is 11.6 Å². The first-order chi connectivity index (χ1) is 14.7. The first-order valence-corrected chi connectivity index (χ1v) is 10.1. The number of halogens is 1. The number of carbonyl (C=O) groups excluding carboxylic acids is 1. The highest BCUT2D eigenvalue weighted by Gasteiger charge is 2.21. The van der Waals surface area contributed by atoms with Crippen LogP contribution in [0.25, 0.3) is 11.0 Å². The number of aromatic hydroxyl groups is 1. The van der Waals surface area contributed by atoms with Crippen LogP contribution in [0.3, 0.4) is 0 Å². The second-order valence-corrected chi connectivity index (χ2v) is 7.80. The zero-order valence-electron chi connectivity index (χ0n) is 17.1. The van der Waals surface area contributed by atoms with Crippen molar-refractivity contribution in [3.63, 3.8) is 0 Å². The number of phenolic OH excluding ortho intramolecular Hbond substituents is 1. The monoisotopic (exact) mass is 443 g/mol. The summed E-state index contributed by atoms with van der Waals surface area (Å²) in [6.07, 6.45) is 0.139. The summed E-state index contributed by atoms with van der Waals surface area (Å²) in [6.45, 7) is 3.41. The zero-order chi connectivity index (χ0) is 22.7. The average molecular weight is 444 g/mol. The second kappa shape index (κ2) is 9.22. The minimum absolute atomic E-state index is 0.0302. The zero-order valence-corrected chi connectivity index (χ0v) is 17.8. The summed E-state index contributed by atoms with van der Waals surface area (Å²) < 4.78 is 5.37. The smallest absolute Gasteiger partial charge is 0.339 e. The third-order valence-corrected chi connectivity index (χ3v) is 5.52. The van der Waals surface area contributed by atoms with Crippen LogP contribution >= 0.6 is 11.6 Å². The highest BCUT2D eigenvalue weighted by molar-refractivity contribution is 6.30. The molecule has 3 rings (SSSR count). The van der Waals surface area contributed by atoms with E-state index in [1.54, 1.807) is 44.2 Å². The van der Waals surface area contributed by atoms with E-state index >= 15 is 0 Å². The summed E-state index contributed by atoms with van der Waals surface area (Å²) in [5.74, 6) is -1.61. The first-order valence-electron chi connectivity index (χ1n) is 9.69. The molecular formula is C23H22ClNO6. The van der Waals surface area contributed by atoms with Crippen molar-refractivity contribution in [1.29, 1.82) is 0 Å². The van der Waals surface area contributed by atoms with Crippen LogP contribution in [0, 0.1) is 13.8 Å². The molecule has 3 N–H and O–H groups in total. The Morgan fingerprint density at radius 1 is 1.10 bits per heavy atom. The molecule has 162 valence electrons. The molecule has 1 atom stereocenters. The van der Waals surface area contributed by atoms with Crippen LogP contribution < -0.4 is 10.9 Å². The van der Waals surface area contributed by atoms with Crippen LogP contribution in [-0.4, -0.2) is 28.1 Å². The normalized spacial score (nSPS) is 12.0. The minimum atomic E-state index is -1.15. The first kappa shape index (κ1) is 22.4. The van der Waals surface area contributed by atoms with Crippen molar-refractivity contribution in [2.24, 2.45) is 0 Å². The highest BCUT2D eigenvalue weighted by Crippen LogP contribution is 2.28. The molecule has 2 aromatic carbocycles. The van der Waals surface area contributed by atoms with Crippen molar-refractivity contribution in [1.82, 2.24) is 5.32 Å². The molecule has 0 fully saturated rings. The maximum Gasteiger partial charge on any atom is 0.339 e. The molecule has 1 aromatic heterocycles. The van der Waals surface area contributed by atoms with E-state index in [9.17, 15) is 24.6 Å². The van der Waals surface area contributed by atoms with Crippen molar-refractivity contribution in [3.05, 3.63) is 74.1 Å². The summed E-state index contributed by atoms with van der Waals surface area (Å²) in [5, 5.41) is 23.0. The van der Waals surface area contributed by atoms with Crippen molar-refractivity contribution in [2.45, 2.75) is 39.2 Å². The Morgan fingerprint density at radius 2 is 1.77 bits per heavy atom. The van der Waals surface area contributed by atoms with Gasteiger partial charge in [-0.15, -0.1) is 0 Å². The number of phenols is 1. The standard InChI is InChI=1S/C23H22ClNO6/c1-12-16-7-9-19(26)13(2)21(16)31-23(30)17(12)8-10-20(27)25-18(22(28)29)11-14-3-5-15(24)6-4-14/h3-7,9,18,26H,8,10-11H2,1-2H3,(H,25,27)(H,28,29). The van der Waals surface area contributed by atoms with Gasteiger partial charge in [-0.05, 0) is 55.7 Å². The number of hydrogen-bond donors (Lipinski definition) is 3. The molecule has 0 radical (unpaired) electrons. The average Bonchev–Trinajstić information content (AvgIpc) is 2.72. The van der Waals surface area contributed by atoms with Crippen LogP contribution in [0.1, 0.15) is 28.7 Å². The van der Waals surface area contributed by atoms with E-state index in [2.05, 4.69) is 5.32 Å². The molecule has 0 aliphatic rings. The summed E-state index contributed by atoms with van der Waals surface area (Å²) >= 11 is 5.84. The van der Waals surface area contributed by atoms with Crippen LogP contribution in [0.4, 0.5) is 0 Å². The Labute approximate surface area is 183 Å². The largest absolute Gasteiger partial charge is 0.508 e. The number of carboxylic acids is 1. The third kappa shape index (κ3) is 5.06. The van der Waals surface area contributed by atoms with E-state index < -0.39 is 23.5 Å². The lowest BCUT2D eigenvalue weighted by atomic mass is 10.00. The van der Waals surface area contributed by atoms with E-state index in [1.165, 1.54) is 6.07 Å². The predicted octanol–water partition coefficient (Wildman–Crippen LogP) is 3.51. The van der Waals surface area contributed by atoms with Crippen molar-refractivity contribution < 1.29 is 24.2 Å². The number of carbonyl (C=O) groups is 2. The fraction of sp³-hybridized carbons (Fsp3) is 0.261. The Kier molecular flexibility index (Phi) is 6.65. The third-order valence-electron chi connectivity index (χ3n) is 5.26. The molecule has 7 nitrogen and oxygen atoms in total. The van der Waals surface area contributed by atoms with Crippen molar-refractivity contribution in [2.75, 3.05) is 0 Å². The van der Waals surface area contributed by atoms with Gasteiger partial charge in [-0.1, -0.05) is 23.7 Å². The molecule has 0 bridgehead atoms. The maximum atomic E-state index is 12.4. The number of amides is 1. The number of aliphatic carboxylic acids is 1. The predicted molar refractivity (Wildman–Crippen MR) is 117 cm³/mol. The van der Waals surface area contributed by atoms with Crippen LogP contribution in [0.2, 0.25) is 5.02 Å². The molecule has 1 heterocycles. The summed E-state index contributed by atoms with van der Waals surface area (Å²) in [4.78, 5) is 36.4. The molecule has 0 aliphatic heterocycles. The van der Waals surface area contributed by atoms with Gasteiger partial charge in [0.2, 0.25) is 5.91 Å². The molecule has 0 aliphatic carbocycles. The van der Waals surface area contributed by atoms with Crippen LogP contribution in [0.15, 0.2) is 45.6 Å². The number of benzene rings is 2. The van der Waals surface area contributed by atoms with Gasteiger partial charge in [-0.3, -0.25) is 4.79 Å². The quantitative estimate of drug-likeness (QED) is 0.481. The highest BCUT2D eigenvalue weighted by atomic mass is 35.5. The van der Waals surface area contributed by atoms with Gasteiger partial charge in [0.1, 0.15) is 17.4 Å². The number of fused-ring (bicyclic) bond motifs is 1. The molecule has 8 heteroatoms. The number of aryl methyl sites for hydroxylation is 2. The summed E-state index contributed by atoms with van der Waals surface area (Å²) in [7, 11) is 0. The lowest BCUT2D eigenvalue weighted by Gasteiger charge is -2.15. The topological polar surface area (TPSA) is 117 Å². The Hall–Kier alpha value is -3.32. The Morgan fingerprint density at radius 3 is 2.42 bits per heavy atom. The number of nitrogens with one attached hydrogen (secondary N) is 1. The molecule has 3 aromatic rings. The number of carboxylic acid groups (broad SMARTS) is 1. The van der Waals surface area contributed by atoms with Gasteiger partial charge in [-0.25, -0.2) is 9.59 Å². The van der Waals surface area contributed by atoms with Gasteiger partial charge in [-0.2, -0.15) is 0 Å². The van der Waals surface area contributed by atoms with Crippen molar-refractivity contribution in [3.8, 4) is 5.75 Å². The van der Waals surface area contributed by atoms with Gasteiger partial charge < -0.3 is 19.9 Å². The molecule has 31 heavy (non-hydrogen) atoms. The van der Waals surface area contributed by atoms with Crippen molar-refractivity contribution >= 4 is 34.4 Å². The fourth-order valence-electron chi connectivity index (χ4n) is 3.43. The van der Waals surface area contributed by atoms with Crippen LogP contribution in [0.5, 0.6) is 5.75 Å². The number of rotatable bonds is 7. The van der Waals surface area contributed by atoms with Crippen LogP contribution in [-0.2, 0) is 22.4 Å². The molecule has 1 unspecified atom stereocenters. The molecule has 0 saturated heterocycles. The molecular weight excluding hydrogens is 422 g/mol. The Balaban J connectivity index is 1.72. The van der Waals surface area contributed by atoms with E-state index in [0.29, 0.717) is 32.7 Å². The SMILES string of the molecule is Cc1c(CCC(=O)NC(Cc2ccc(Cl)cc2)C(=O)O)c(=O)oc2c(C)c(O)ccc12. The molecule has 0 saturated carbocycles. The maximum absolute atomic E-state index is 12.4. The van der Waals surface area contributed by atoms with Gasteiger partial charge in [0.05, 0.1) is 0 Å². The van der Waals surface area contributed by atoms with Gasteiger partial charge in [0.25, 0.3) is 0 Å². The number of hydrogen-bond acceptors (Lipinski definition) is 5. The van der Waals surface area contributed by atoms with E-state index in [0.717, 1.165) is 5.56 Å². The summed E-state index contributed by atoms with van der Waals surface area (Å²) in [6, 6.07) is 8.79. The molecule has 1 amide bonds. The van der Waals surface area contributed by atoms with E-state index in [4.69, 9.17) is 16.0 Å². The minimum Gasteiger partial charge on any atom is -0.508 e. The van der Waals surface area contributed by atoms with E-state index in [1.807, 2.05) is 0 Å².